The Kier molecular flexibility index (Phi) is 15.2. The van der Waals surface area contributed by atoms with Gasteiger partial charge in [0.05, 0.1) is 41.0 Å². The smallest absolute Gasteiger partial charge is 0.410 e. The minimum Gasteiger partial charge on any atom is -0.448 e. The molecule has 0 radical (unpaired) electrons. The molecule has 7 aromatic rings. The van der Waals surface area contributed by atoms with E-state index in [1.807, 2.05) is 54.6 Å². The molecule has 2 N–H and O–H groups in total. The molecule has 0 bridgehead atoms. The van der Waals surface area contributed by atoms with Crippen molar-refractivity contribution in [3.8, 4) is 28.3 Å². The van der Waals surface area contributed by atoms with Crippen LogP contribution in [0, 0.1) is 23.0 Å². The second-order valence-corrected chi connectivity index (χ2v) is 18.3. The number of hydrogen-bond donors (Lipinski definition) is 2. The topological polar surface area (TPSA) is 178 Å². The Morgan fingerprint density at radius 2 is 1.48 bits per heavy atom. The molecular formula is C57H49F4N7O7. The fraction of sp³-hybridized carbons (Fsp3) is 0.246. The van der Waals surface area contributed by atoms with Crippen LogP contribution >= 0.6 is 0 Å². The number of carbonyl (C=O) groups excluding carboxylic acids is 4. The number of benzene rings is 6. The molecule has 1 fully saturated rings. The Balaban J connectivity index is 0.821. The van der Waals surface area contributed by atoms with E-state index in [0.717, 1.165) is 35.2 Å². The van der Waals surface area contributed by atoms with Crippen LogP contribution < -0.4 is 10.9 Å². The molecule has 2 aliphatic rings. The molecular weight excluding hydrogens is 971 g/mol. The summed E-state index contributed by atoms with van der Waals surface area (Å²) in [7, 11) is 0. The number of alkyl halides is 2. The van der Waals surface area contributed by atoms with Gasteiger partial charge in [0.1, 0.15) is 30.9 Å². The third kappa shape index (κ3) is 11.3. The lowest BCUT2D eigenvalue weighted by molar-refractivity contribution is -0.133. The molecule has 0 atom stereocenters. The highest BCUT2D eigenvalue weighted by Crippen LogP contribution is 2.44. The van der Waals surface area contributed by atoms with E-state index >= 15 is 8.78 Å². The number of amides is 4. The van der Waals surface area contributed by atoms with Gasteiger partial charge < -0.3 is 24.6 Å². The highest BCUT2D eigenvalue weighted by Gasteiger charge is 2.32. The summed E-state index contributed by atoms with van der Waals surface area (Å²) < 4.78 is 70.4. The van der Waals surface area contributed by atoms with Crippen LogP contribution in [0.4, 0.5) is 22.4 Å². The van der Waals surface area contributed by atoms with Crippen LogP contribution in [0.5, 0.6) is 0 Å². The first-order valence-corrected chi connectivity index (χ1v) is 24.2. The Hall–Kier alpha value is -8.69. The van der Waals surface area contributed by atoms with Crippen molar-refractivity contribution in [2.45, 2.75) is 25.2 Å². The lowest BCUT2D eigenvalue weighted by atomic mass is 9.96. The van der Waals surface area contributed by atoms with Gasteiger partial charge in [0.25, 0.3) is 23.3 Å². The molecule has 0 spiro atoms. The average Bonchev–Trinajstić information content (AvgIpc) is 3.75. The molecule has 1 saturated heterocycles. The van der Waals surface area contributed by atoms with Crippen LogP contribution in [0.3, 0.4) is 0 Å². The van der Waals surface area contributed by atoms with E-state index in [0.29, 0.717) is 22.0 Å². The summed E-state index contributed by atoms with van der Waals surface area (Å²) in [5.41, 5.74) is 3.93. The summed E-state index contributed by atoms with van der Waals surface area (Å²) in [4.78, 5) is 71.3. The molecule has 1 aliphatic carbocycles. The van der Waals surface area contributed by atoms with Gasteiger partial charge in [-0.25, -0.2) is 27.5 Å². The van der Waals surface area contributed by atoms with Crippen molar-refractivity contribution in [3.63, 3.8) is 0 Å². The fourth-order valence-corrected chi connectivity index (χ4v) is 9.52. The number of hydrogen-bond acceptors (Lipinski definition) is 9. The number of aromatic amines is 1. The van der Waals surface area contributed by atoms with Gasteiger partial charge in [-0.1, -0.05) is 91.0 Å². The SMILES string of the molecule is CC(F)(F)c1cccc(-c2cc(F)c(C(=O)NCCOCCN(CC(=O)N3CCN(C(=O)c4cc(Cc5n[nH]c(=O)c6ccccc56)ccc4F)CC3)C(=O)OCC3c4ccccc4-c4ccccc43)c(C#N)c2)c1. The number of nitrogens with zero attached hydrogens (tertiary/aromatic N) is 5. The molecule has 1 aromatic heterocycles. The molecule has 0 unspecified atom stereocenters. The van der Waals surface area contributed by atoms with Crippen LogP contribution in [-0.4, -0.2) is 114 Å². The summed E-state index contributed by atoms with van der Waals surface area (Å²) >= 11 is 0. The predicted molar refractivity (Wildman–Crippen MR) is 270 cm³/mol. The Labute approximate surface area is 428 Å². The molecule has 9 rings (SSSR count). The molecule has 2 heterocycles. The van der Waals surface area contributed by atoms with E-state index in [4.69, 9.17) is 9.47 Å². The van der Waals surface area contributed by atoms with Crippen LogP contribution in [0.1, 0.15) is 67.1 Å². The fourth-order valence-electron chi connectivity index (χ4n) is 9.52. The van der Waals surface area contributed by atoms with E-state index in [-0.39, 0.29) is 105 Å². The van der Waals surface area contributed by atoms with Crippen LogP contribution in [0.2, 0.25) is 0 Å². The summed E-state index contributed by atoms with van der Waals surface area (Å²) in [5.74, 6) is -7.07. The lowest BCUT2D eigenvalue weighted by Gasteiger charge is -2.36. The normalized spacial score (nSPS) is 13.2. The largest absolute Gasteiger partial charge is 0.448 e. The van der Waals surface area contributed by atoms with Gasteiger partial charge in [-0.05, 0) is 75.3 Å². The van der Waals surface area contributed by atoms with Gasteiger partial charge in [0.2, 0.25) is 5.91 Å². The summed E-state index contributed by atoms with van der Waals surface area (Å²) in [6.07, 6.45) is -0.565. The first kappa shape index (κ1) is 51.2. The molecule has 6 aromatic carbocycles. The first-order valence-electron chi connectivity index (χ1n) is 24.2. The molecule has 1 aliphatic heterocycles. The van der Waals surface area contributed by atoms with Crippen molar-refractivity contribution in [2.75, 3.05) is 65.6 Å². The van der Waals surface area contributed by atoms with E-state index < -0.39 is 53.5 Å². The zero-order valence-electron chi connectivity index (χ0n) is 40.6. The van der Waals surface area contributed by atoms with Gasteiger partial charge in [0, 0.05) is 69.5 Å². The van der Waals surface area contributed by atoms with Gasteiger partial charge in [-0.2, -0.15) is 10.4 Å². The number of halogens is 4. The lowest BCUT2D eigenvalue weighted by Crippen LogP contribution is -2.53. The van der Waals surface area contributed by atoms with E-state index in [9.17, 15) is 38.0 Å². The number of H-pyrrole nitrogens is 1. The number of ether oxygens (including phenoxy) is 2. The van der Waals surface area contributed by atoms with E-state index in [1.54, 1.807) is 30.3 Å². The number of rotatable bonds is 16. The molecule has 14 nitrogen and oxygen atoms in total. The third-order valence-corrected chi connectivity index (χ3v) is 13.4. The third-order valence-electron chi connectivity index (χ3n) is 13.4. The van der Waals surface area contributed by atoms with Crippen molar-refractivity contribution in [2.24, 2.45) is 0 Å². The Bertz CT molecular complexity index is 3390. The van der Waals surface area contributed by atoms with Crippen LogP contribution in [0.15, 0.2) is 132 Å². The average molecular weight is 1020 g/mol. The number of carbonyl (C=O) groups is 4. The Morgan fingerprint density at radius 3 is 2.19 bits per heavy atom. The molecule has 18 heteroatoms. The van der Waals surface area contributed by atoms with Crippen molar-refractivity contribution in [1.29, 1.82) is 5.26 Å². The zero-order chi connectivity index (χ0) is 52.8. The highest BCUT2D eigenvalue weighted by molar-refractivity contribution is 5.98. The first-order chi connectivity index (χ1) is 36.2. The van der Waals surface area contributed by atoms with Crippen LogP contribution in [0.25, 0.3) is 33.0 Å². The van der Waals surface area contributed by atoms with Gasteiger partial charge >= 0.3 is 6.09 Å². The van der Waals surface area contributed by atoms with E-state index in [1.165, 1.54) is 57.2 Å². The van der Waals surface area contributed by atoms with Crippen molar-refractivity contribution in [1.82, 2.24) is 30.2 Å². The maximum atomic E-state index is 15.5. The maximum absolute atomic E-state index is 15.5. The highest BCUT2D eigenvalue weighted by atomic mass is 19.3. The number of fused-ring (bicyclic) bond motifs is 4. The molecule has 75 heavy (non-hydrogen) atoms. The Morgan fingerprint density at radius 1 is 0.800 bits per heavy atom. The summed E-state index contributed by atoms with van der Waals surface area (Å²) in [6.45, 7) is 0.169. The molecule has 382 valence electrons. The monoisotopic (exact) mass is 1020 g/mol. The summed E-state index contributed by atoms with van der Waals surface area (Å²) in [6, 6.07) is 36.3. The number of aromatic nitrogens is 2. The standard InChI is InChI=1S/C57H49F4N7O7/c1-57(60,61)39-10-8-9-36(30-39)37-29-38(32-62)52(49(59)31-37)54(71)63-19-25-74-26-24-68(56(73)75-34-47-42-13-4-2-11-40(42)41-12-3-5-14-43(41)47)33-51(69)66-20-22-67(23-21-66)55(72)46-27-35(17-18-48(46)58)28-50-44-15-6-7-16-45(44)53(70)65-64-50/h2-18,27,29-31,47H,19-26,28,33-34H2,1H3,(H,63,71)(H,65,70). The van der Waals surface area contributed by atoms with E-state index in [2.05, 4.69) is 15.5 Å². The quantitative estimate of drug-likeness (QED) is 0.0711. The van der Waals surface area contributed by atoms with Crippen molar-refractivity contribution >= 4 is 34.6 Å². The second kappa shape index (κ2) is 22.2. The minimum absolute atomic E-state index is 0.0236. The second-order valence-electron chi connectivity index (χ2n) is 18.3. The molecule has 4 amide bonds. The summed E-state index contributed by atoms with van der Waals surface area (Å²) in [5, 5.41) is 20.1. The van der Waals surface area contributed by atoms with Crippen molar-refractivity contribution in [3.05, 3.63) is 194 Å². The maximum Gasteiger partial charge on any atom is 0.410 e. The number of piperazine rings is 1. The number of nitriles is 1. The van der Waals surface area contributed by atoms with Crippen molar-refractivity contribution < 1.29 is 46.2 Å². The van der Waals surface area contributed by atoms with Gasteiger partial charge in [-0.15, -0.1) is 0 Å². The van der Waals surface area contributed by atoms with Gasteiger partial charge in [-0.3, -0.25) is 24.1 Å². The van der Waals surface area contributed by atoms with Crippen LogP contribution in [-0.2, 0) is 26.6 Å². The van der Waals surface area contributed by atoms with Gasteiger partial charge in [0.15, 0.2) is 0 Å². The zero-order valence-corrected chi connectivity index (χ0v) is 40.6. The molecule has 0 saturated carbocycles. The predicted octanol–water partition coefficient (Wildman–Crippen LogP) is 8.42. The number of nitrogens with one attached hydrogen (secondary N) is 2. The minimum atomic E-state index is -3.16.